The van der Waals surface area contributed by atoms with Crippen LogP contribution in [0.2, 0.25) is 0 Å². The van der Waals surface area contributed by atoms with Crippen molar-refractivity contribution in [1.82, 2.24) is 0 Å². The van der Waals surface area contributed by atoms with Gasteiger partial charge in [-0.25, -0.2) is 0 Å². The molecule has 0 amide bonds. The quantitative estimate of drug-likeness (QED) is 0.782. The second-order valence-electron chi connectivity index (χ2n) is 7.22. The van der Waals surface area contributed by atoms with Crippen LogP contribution in [0.5, 0.6) is 0 Å². The van der Waals surface area contributed by atoms with Gasteiger partial charge in [-0.1, -0.05) is 13.8 Å². The molecule has 2 unspecified atom stereocenters. The smallest absolute Gasteiger partial charge is 0.134 e. The molecular weight excluding hydrogens is 256 g/mol. The van der Waals surface area contributed by atoms with Crippen LogP contribution in [0.25, 0.3) is 0 Å². The molecular formula is C16H24O4. The van der Waals surface area contributed by atoms with E-state index in [2.05, 4.69) is 13.8 Å². The van der Waals surface area contributed by atoms with Gasteiger partial charge in [-0.2, -0.15) is 0 Å². The SMILES string of the molecule is CC(=O)[C@H]1C[C@H](O)C23OC2CC[C@H](C)[C@@]3(C)[C@H]1C(C)=O. The highest BCUT2D eigenvalue weighted by molar-refractivity contribution is 5.89. The van der Waals surface area contributed by atoms with E-state index in [-0.39, 0.29) is 35.4 Å². The summed E-state index contributed by atoms with van der Waals surface area (Å²) < 4.78 is 5.95. The molecule has 0 bridgehead atoms. The fourth-order valence-electron chi connectivity index (χ4n) is 5.31. The van der Waals surface area contributed by atoms with Crippen LogP contribution in [-0.2, 0) is 14.3 Å². The van der Waals surface area contributed by atoms with Crippen LogP contribution in [0, 0.1) is 23.2 Å². The van der Waals surface area contributed by atoms with E-state index in [1.807, 2.05) is 0 Å². The summed E-state index contributed by atoms with van der Waals surface area (Å²) in [5, 5.41) is 10.6. The van der Waals surface area contributed by atoms with Gasteiger partial charge in [0.1, 0.15) is 17.2 Å². The fraction of sp³-hybridized carbons (Fsp3) is 0.875. The molecule has 2 aliphatic carbocycles. The zero-order valence-electron chi connectivity index (χ0n) is 12.7. The third kappa shape index (κ3) is 1.44. The minimum Gasteiger partial charge on any atom is -0.390 e. The maximum atomic E-state index is 12.3. The van der Waals surface area contributed by atoms with Gasteiger partial charge in [0.25, 0.3) is 0 Å². The zero-order chi connectivity index (χ0) is 14.9. The molecule has 1 spiro atoms. The summed E-state index contributed by atoms with van der Waals surface area (Å²) in [4.78, 5) is 24.3. The van der Waals surface area contributed by atoms with Crippen molar-refractivity contribution in [1.29, 1.82) is 0 Å². The van der Waals surface area contributed by atoms with Gasteiger partial charge in [0.2, 0.25) is 0 Å². The second kappa shape index (κ2) is 4.14. The molecule has 0 aromatic heterocycles. The molecule has 0 radical (unpaired) electrons. The van der Waals surface area contributed by atoms with Crippen molar-refractivity contribution in [2.45, 2.75) is 64.8 Å². The third-order valence-electron chi connectivity index (χ3n) is 6.47. The normalized spacial score (nSPS) is 53.8. The molecule has 1 heterocycles. The van der Waals surface area contributed by atoms with Gasteiger partial charge in [0.15, 0.2) is 0 Å². The summed E-state index contributed by atoms with van der Waals surface area (Å²) >= 11 is 0. The Morgan fingerprint density at radius 3 is 2.40 bits per heavy atom. The number of epoxide rings is 1. The summed E-state index contributed by atoms with van der Waals surface area (Å²) in [6.07, 6.45) is 1.73. The van der Waals surface area contributed by atoms with Crippen molar-refractivity contribution in [3.05, 3.63) is 0 Å². The molecule has 0 aromatic rings. The molecule has 3 aliphatic rings. The Morgan fingerprint density at radius 1 is 1.20 bits per heavy atom. The van der Waals surface area contributed by atoms with E-state index >= 15 is 0 Å². The summed E-state index contributed by atoms with van der Waals surface area (Å²) in [7, 11) is 0. The lowest BCUT2D eigenvalue weighted by Crippen LogP contribution is -2.64. The van der Waals surface area contributed by atoms with Gasteiger partial charge in [-0.05, 0) is 39.0 Å². The molecule has 1 N–H and O–H groups in total. The Balaban J connectivity index is 2.12. The summed E-state index contributed by atoms with van der Waals surface area (Å²) in [5.41, 5.74) is -1.03. The van der Waals surface area contributed by atoms with Crippen molar-refractivity contribution >= 4 is 11.6 Å². The van der Waals surface area contributed by atoms with Gasteiger partial charge >= 0.3 is 0 Å². The van der Waals surface area contributed by atoms with E-state index in [0.29, 0.717) is 6.42 Å². The van der Waals surface area contributed by atoms with Crippen molar-refractivity contribution in [3.8, 4) is 0 Å². The molecule has 1 saturated heterocycles. The number of carbonyl (C=O) groups is 2. The number of rotatable bonds is 2. The summed E-state index contributed by atoms with van der Waals surface area (Å²) in [5.74, 6) is -0.364. The molecule has 4 heteroatoms. The van der Waals surface area contributed by atoms with Crippen LogP contribution in [0.4, 0.5) is 0 Å². The number of Topliss-reactive ketones (excluding diaryl/α,β-unsaturated/α-hetero) is 2. The first kappa shape index (κ1) is 14.2. The highest BCUT2D eigenvalue weighted by Crippen LogP contribution is 2.69. The molecule has 7 atom stereocenters. The first-order chi connectivity index (χ1) is 9.26. The third-order valence-corrected chi connectivity index (χ3v) is 6.47. The molecule has 3 fully saturated rings. The number of aliphatic hydroxyl groups excluding tert-OH is 1. The Bertz CT molecular complexity index is 473. The average Bonchev–Trinajstić information content (AvgIpc) is 3.08. The topological polar surface area (TPSA) is 66.9 Å². The molecule has 20 heavy (non-hydrogen) atoms. The van der Waals surface area contributed by atoms with Gasteiger partial charge in [0, 0.05) is 17.3 Å². The van der Waals surface area contributed by atoms with Crippen molar-refractivity contribution in [2.75, 3.05) is 0 Å². The lowest BCUT2D eigenvalue weighted by molar-refractivity contribution is -0.164. The van der Waals surface area contributed by atoms with Gasteiger partial charge in [-0.3, -0.25) is 9.59 Å². The Hall–Kier alpha value is -0.740. The van der Waals surface area contributed by atoms with Crippen LogP contribution >= 0.6 is 0 Å². The highest BCUT2D eigenvalue weighted by Gasteiger charge is 2.78. The standard InChI is InChI=1S/C16H24O4/c1-8-5-6-13-16(20-13)12(19)7-11(9(2)17)14(10(3)18)15(8,16)4/h8,11-14,19H,5-7H2,1-4H3/t8-,11+,12-,13?,14-,15-,16?/m0/s1. The highest BCUT2D eigenvalue weighted by atomic mass is 16.6. The Labute approximate surface area is 119 Å². The lowest BCUT2D eigenvalue weighted by Gasteiger charge is -2.55. The molecule has 4 nitrogen and oxygen atoms in total. The van der Waals surface area contributed by atoms with E-state index < -0.39 is 17.1 Å². The van der Waals surface area contributed by atoms with Crippen molar-refractivity contribution < 1.29 is 19.4 Å². The predicted molar refractivity (Wildman–Crippen MR) is 73.1 cm³/mol. The molecule has 112 valence electrons. The minimum atomic E-state index is -0.634. The molecule has 1 aliphatic heterocycles. The van der Waals surface area contributed by atoms with Crippen LogP contribution in [0.3, 0.4) is 0 Å². The van der Waals surface area contributed by atoms with E-state index in [1.165, 1.54) is 6.92 Å². The monoisotopic (exact) mass is 280 g/mol. The Kier molecular flexibility index (Phi) is 2.94. The number of aliphatic hydroxyl groups is 1. The van der Waals surface area contributed by atoms with Crippen molar-refractivity contribution in [2.24, 2.45) is 23.2 Å². The molecule has 0 aromatic carbocycles. The number of carbonyl (C=O) groups excluding carboxylic acids is 2. The molecule has 2 saturated carbocycles. The summed E-state index contributed by atoms with van der Waals surface area (Å²) in [6.45, 7) is 7.30. The van der Waals surface area contributed by atoms with E-state index in [0.717, 1.165) is 12.8 Å². The van der Waals surface area contributed by atoms with Crippen LogP contribution in [-0.4, -0.2) is 34.5 Å². The number of hydrogen-bond acceptors (Lipinski definition) is 4. The maximum absolute atomic E-state index is 12.3. The van der Waals surface area contributed by atoms with Crippen LogP contribution in [0.1, 0.15) is 47.0 Å². The second-order valence-corrected chi connectivity index (χ2v) is 7.22. The van der Waals surface area contributed by atoms with Crippen molar-refractivity contribution in [3.63, 3.8) is 0 Å². The maximum Gasteiger partial charge on any atom is 0.134 e. The zero-order valence-corrected chi connectivity index (χ0v) is 12.7. The Morgan fingerprint density at radius 2 is 1.85 bits per heavy atom. The fourth-order valence-corrected chi connectivity index (χ4v) is 5.31. The number of hydrogen-bond donors (Lipinski definition) is 1. The van der Waals surface area contributed by atoms with E-state index in [4.69, 9.17) is 4.74 Å². The van der Waals surface area contributed by atoms with Crippen LogP contribution in [0.15, 0.2) is 0 Å². The average molecular weight is 280 g/mol. The number of ketones is 2. The van der Waals surface area contributed by atoms with Gasteiger partial charge in [0.05, 0.1) is 12.2 Å². The minimum absolute atomic E-state index is 0.00954. The number of ether oxygens (including phenoxy) is 1. The van der Waals surface area contributed by atoms with E-state index in [9.17, 15) is 14.7 Å². The summed E-state index contributed by atoms with van der Waals surface area (Å²) in [6, 6.07) is 0. The van der Waals surface area contributed by atoms with Gasteiger partial charge < -0.3 is 9.84 Å². The van der Waals surface area contributed by atoms with E-state index in [1.54, 1.807) is 6.92 Å². The predicted octanol–water partition coefficient (Wildman–Crippen LogP) is 1.74. The first-order valence-corrected chi connectivity index (χ1v) is 7.63. The first-order valence-electron chi connectivity index (χ1n) is 7.63. The van der Waals surface area contributed by atoms with Crippen LogP contribution < -0.4 is 0 Å². The largest absolute Gasteiger partial charge is 0.390 e. The molecule has 3 rings (SSSR count). The van der Waals surface area contributed by atoms with Gasteiger partial charge in [-0.15, -0.1) is 0 Å². The lowest BCUT2D eigenvalue weighted by atomic mass is 9.46.